The molecule has 32 heavy (non-hydrogen) atoms. The van der Waals surface area contributed by atoms with E-state index in [1.165, 1.54) is 42.5 Å². The second kappa shape index (κ2) is 8.22. The van der Waals surface area contributed by atoms with Gasteiger partial charge in [-0.3, -0.25) is 35.3 Å². The van der Waals surface area contributed by atoms with Crippen molar-refractivity contribution in [3.8, 4) is 0 Å². The third-order valence-electron chi connectivity index (χ3n) is 5.07. The van der Waals surface area contributed by atoms with Crippen molar-refractivity contribution in [3.63, 3.8) is 0 Å². The van der Waals surface area contributed by atoms with Crippen molar-refractivity contribution in [2.75, 3.05) is 0 Å². The van der Waals surface area contributed by atoms with Crippen LogP contribution in [0.3, 0.4) is 0 Å². The molecule has 0 aliphatic carbocycles. The highest BCUT2D eigenvalue weighted by atomic mass is 16.6. The van der Waals surface area contributed by atoms with Crippen molar-refractivity contribution in [2.45, 2.75) is 12.1 Å². The maximum atomic E-state index is 11.2. The summed E-state index contributed by atoms with van der Waals surface area (Å²) >= 11 is 0. The number of nitro groups is 3. The highest BCUT2D eigenvalue weighted by Crippen LogP contribution is 2.39. The van der Waals surface area contributed by atoms with Crippen LogP contribution < -0.4 is 5.32 Å². The van der Waals surface area contributed by atoms with Crippen LogP contribution in [0.5, 0.6) is 0 Å². The summed E-state index contributed by atoms with van der Waals surface area (Å²) in [5, 5.41) is 36.8. The Morgan fingerprint density at radius 3 is 1.78 bits per heavy atom. The second-order valence-electron chi connectivity index (χ2n) is 7.06. The van der Waals surface area contributed by atoms with Gasteiger partial charge in [0.05, 0.1) is 20.8 Å². The molecule has 0 aromatic heterocycles. The van der Waals surface area contributed by atoms with Gasteiger partial charge in [-0.05, 0) is 11.1 Å². The molecule has 0 unspecified atom stereocenters. The highest BCUT2D eigenvalue weighted by Gasteiger charge is 2.33. The molecule has 1 heterocycles. The molecule has 3 aromatic carbocycles. The number of nitro benzene ring substituents is 3. The Bertz CT molecular complexity index is 1270. The first-order valence-electron chi connectivity index (χ1n) is 9.41. The van der Waals surface area contributed by atoms with Gasteiger partial charge < -0.3 is 5.32 Å². The fraction of sp³-hybridized carbons (Fsp3) is 0.0952. The maximum Gasteiger partial charge on any atom is 0.270 e. The van der Waals surface area contributed by atoms with E-state index in [1.807, 2.05) is 0 Å². The summed E-state index contributed by atoms with van der Waals surface area (Å²) in [6.45, 7) is 0. The summed E-state index contributed by atoms with van der Waals surface area (Å²) in [5.74, 6) is 0.349. The number of benzene rings is 3. The standard InChI is InChI=1S/C21H15N5O6/c27-24(28)16-7-1-4-13(10-16)19-20(14-5-2-8-17(11-14)25(29)30)23-21(22-19)15-6-3-9-18(12-15)26(31)32/h1-12,19-20H,(H,22,23)/t19-,20+. The van der Waals surface area contributed by atoms with Crippen LogP contribution in [0.1, 0.15) is 28.8 Å². The quantitative estimate of drug-likeness (QED) is 0.450. The maximum absolute atomic E-state index is 11.2. The molecule has 4 rings (SSSR count). The molecule has 0 amide bonds. The molecule has 0 saturated carbocycles. The molecular formula is C21H15N5O6. The summed E-state index contributed by atoms with van der Waals surface area (Å²) < 4.78 is 0. The van der Waals surface area contributed by atoms with Crippen LogP contribution in [0.4, 0.5) is 17.1 Å². The summed E-state index contributed by atoms with van der Waals surface area (Å²) in [5.41, 5.74) is 1.22. The fourth-order valence-electron chi connectivity index (χ4n) is 3.59. The van der Waals surface area contributed by atoms with Crippen molar-refractivity contribution >= 4 is 22.9 Å². The Morgan fingerprint density at radius 1 is 0.688 bits per heavy atom. The van der Waals surface area contributed by atoms with Crippen LogP contribution >= 0.6 is 0 Å². The number of hydrogen-bond donors (Lipinski definition) is 1. The third kappa shape index (κ3) is 3.99. The average Bonchev–Trinajstić information content (AvgIpc) is 3.25. The van der Waals surface area contributed by atoms with Gasteiger partial charge in [0, 0.05) is 42.0 Å². The number of aliphatic imine (C=N–C) groups is 1. The summed E-state index contributed by atoms with van der Waals surface area (Å²) in [6, 6.07) is 16.7. The number of non-ortho nitro benzene ring substituents is 3. The summed E-state index contributed by atoms with van der Waals surface area (Å²) in [4.78, 5) is 36.8. The zero-order chi connectivity index (χ0) is 22.8. The van der Waals surface area contributed by atoms with E-state index >= 15 is 0 Å². The lowest BCUT2D eigenvalue weighted by atomic mass is 9.94. The van der Waals surface area contributed by atoms with Crippen molar-refractivity contribution in [2.24, 2.45) is 4.99 Å². The van der Waals surface area contributed by atoms with Crippen LogP contribution in [0.25, 0.3) is 0 Å². The van der Waals surface area contributed by atoms with Gasteiger partial charge in [-0.15, -0.1) is 0 Å². The second-order valence-corrected chi connectivity index (χ2v) is 7.06. The van der Waals surface area contributed by atoms with Gasteiger partial charge in [0.15, 0.2) is 0 Å². The Hall–Kier alpha value is -4.67. The topological polar surface area (TPSA) is 154 Å². The van der Waals surface area contributed by atoms with Crippen LogP contribution in [0.15, 0.2) is 77.8 Å². The van der Waals surface area contributed by atoms with E-state index in [0.29, 0.717) is 22.5 Å². The van der Waals surface area contributed by atoms with E-state index in [9.17, 15) is 30.3 Å². The first-order chi connectivity index (χ1) is 15.3. The SMILES string of the molecule is O=[N+]([O-])c1cccc(C2=N[C@@H](c3cccc([N+](=O)[O-])c3)[C@@H](c3cccc([N+](=O)[O-])c3)N2)c1. The minimum Gasteiger partial charge on any atom is -0.361 e. The van der Waals surface area contributed by atoms with Crippen LogP contribution in [0.2, 0.25) is 0 Å². The molecule has 0 fully saturated rings. The number of rotatable bonds is 6. The van der Waals surface area contributed by atoms with Crippen LogP contribution in [-0.4, -0.2) is 20.6 Å². The molecule has 1 N–H and O–H groups in total. The largest absolute Gasteiger partial charge is 0.361 e. The van der Waals surface area contributed by atoms with E-state index < -0.39 is 26.9 Å². The molecule has 1 aliphatic heterocycles. The van der Waals surface area contributed by atoms with Gasteiger partial charge in [0.1, 0.15) is 11.9 Å². The van der Waals surface area contributed by atoms with Gasteiger partial charge in [-0.1, -0.05) is 36.4 Å². The molecule has 0 spiro atoms. The Morgan fingerprint density at radius 2 is 1.19 bits per heavy atom. The number of hydrogen-bond acceptors (Lipinski definition) is 8. The lowest BCUT2D eigenvalue weighted by Crippen LogP contribution is -2.25. The molecule has 160 valence electrons. The third-order valence-corrected chi connectivity index (χ3v) is 5.07. The summed E-state index contributed by atoms with van der Waals surface area (Å²) in [7, 11) is 0. The number of nitrogens with zero attached hydrogens (tertiary/aromatic N) is 4. The van der Waals surface area contributed by atoms with Gasteiger partial charge in [-0.2, -0.15) is 0 Å². The van der Waals surface area contributed by atoms with Gasteiger partial charge in [0.2, 0.25) is 0 Å². The zero-order valence-corrected chi connectivity index (χ0v) is 16.3. The van der Waals surface area contributed by atoms with E-state index in [4.69, 9.17) is 0 Å². The molecule has 11 nitrogen and oxygen atoms in total. The van der Waals surface area contributed by atoms with E-state index in [-0.39, 0.29) is 17.1 Å². The molecular weight excluding hydrogens is 418 g/mol. The first kappa shape index (κ1) is 20.6. The van der Waals surface area contributed by atoms with Crippen LogP contribution in [0, 0.1) is 30.3 Å². The lowest BCUT2D eigenvalue weighted by Gasteiger charge is -2.19. The highest BCUT2D eigenvalue weighted by molar-refractivity contribution is 6.01. The van der Waals surface area contributed by atoms with Crippen LogP contribution in [-0.2, 0) is 0 Å². The Balaban J connectivity index is 1.81. The zero-order valence-electron chi connectivity index (χ0n) is 16.3. The molecule has 2 atom stereocenters. The molecule has 0 bridgehead atoms. The number of amidine groups is 1. The summed E-state index contributed by atoms with van der Waals surface area (Å²) in [6.07, 6.45) is 0. The monoisotopic (exact) mass is 433 g/mol. The Kier molecular flexibility index (Phi) is 5.29. The minimum absolute atomic E-state index is 0.106. The molecule has 0 saturated heterocycles. The van der Waals surface area contributed by atoms with Crippen molar-refractivity contribution < 1.29 is 14.8 Å². The van der Waals surface area contributed by atoms with Gasteiger partial charge >= 0.3 is 0 Å². The minimum atomic E-state index is -0.647. The smallest absolute Gasteiger partial charge is 0.270 e. The predicted octanol–water partition coefficient (Wildman–Crippen LogP) is 4.24. The van der Waals surface area contributed by atoms with Gasteiger partial charge in [-0.25, -0.2) is 0 Å². The van der Waals surface area contributed by atoms with E-state index in [1.54, 1.807) is 30.3 Å². The van der Waals surface area contributed by atoms with Crippen molar-refractivity contribution in [3.05, 3.63) is 120 Å². The molecule has 1 aliphatic rings. The van der Waals surface area contributed by atoms with Crippen molar-refractivity contribution in [1.82, 2.24) is 5.32 Å². The van der Waals surface area contributed by atoms with E-state index in [0.717, 1.165) is 0 Å². The predicted molar refractivity (Wildman–Crippen MR) is 114 cm³/mol. The van der Waals surface area contributed by atoms with Crippen molar-refractivity contribution in [1.29, 1.82) is 0 Å². The van der Waals surface area contributed by atoms with E-state index in [2.05, 4.69) is 10.3 Å². The molecule has 11 heteroatoms. The lowest BCUT2D eigenvalue weighted by molar-refractivity contribution is -0.385. The van der Waals surface area contributed by atoms with Gasteiger partial charge in [0.25, 0.3) is 17.1 Å². The fourth-order valence-corrected chi connectivity index (χ4v) is 3.59. The normalized spacial score (nSPS) is 17.3. The average molecular weight is 433 g/mol. The number of nitrogens with one attached hydrogen (secondary N) is 1. The molecule has 0 radical (unpaired) electrons. The first-order valence-corrected chi connectivity index (χ1v) is 9.41. The molecule has 3 aromatic rings. The Labute approximate surface area is 180 Å².